The van der Waals surface area contributed by atoms with E-state index < -0.39 is 21.6 Å². The molecule has 1 unspecified atom stereocenters. The number of hydrogen-bond donors (Lipinski definition) is 1. The summed E-state index contributed by atoms with van der Waals surface area (Å²) in [5, 5.41) is 0. The Balaban J connectivity index is 1.59. The third-order valence-corrected chi connectivity index (χ3v) is 7.97. The smallest absolute Gasteiger partial charge is 0.237 e. The lowest BCUT2D eigenvalue weighted by Gasteiger charge is -2.39. The zero-order valence-electron chi connectivity index (χ0n) is 16.2. The average molecular weight is 394 g/mol. The number of primary amides is 1. The summed E-state index contributed by atoms with van der Waals surface area (Å²) in [7, 11) is -1.40. The minimum atomic E-state index is -1.40. The van der Waals surface area contributed by atoms with Gasteiger partial charge in [0, 0.05) is 44.1 Å². The van der Waals surface area contributed by atoms with Gasteiger partial charge in [0.2, 0.25) is 5.91 Å². The standard InChI is InChI=1S/C20H31N3O3S/c1-2-3-4-16-5-6-18(22-15-16)17-7-11-23(12-8-17)27(25)20(19(21)24)9-13-26-14-10-20/h5-6,15,17H,2-4,7-14H2,1H3,(H2,21,24). The monoisotopic (exact) mass is 393 g/mol. The van der Waals surface area contributed by atoms with Crippen molar-refractivity contribution in [3.63, 3.8) is 0 Å². The SMILES string of the molecule is CCCCc1ccc(C2CCN(S(=O)C3(C(N)=O)CCOCC3)CC2)nc1. The maximum absolute atomic E-state index is 13.2. The summed E-state index contributed by atoms with van der Waals surface area (Å²) >= 11 is 0. The minimum Gasteiger partial charge on any atom is -0.381 e. The molecule has 0 aromatic carbocycles. The van der Waals surface area contributed by atoms with Gasteiger partial charge in [-0.25, -0.2) is 8.51 Å². The molecule has 0 radical (unpaired) electrons. The van der Waals surface area contributed by atoms with Crippen LogP contribution in [-0.2, 0) is 26.9 Å². The number of aryl methyl sites for hydroxylation is 1. The van der Waals surface area contributed by atoms with Crippen LogP contribution in [0, 0.1) is 0 Å². The fourth-order valence-electron chi connectivity index (χ4n) is 3.98. The number of unbranched alkanes of at least 4 members (excludes halogenated alkanes) is 1. The van der Waals surface area contributed by atoms with Crippen molar-refractivity contribution in [3.8, 4) is 0 Å². The van der Waals surface area contributed by atoms with Crippen LogP contribution in [0.5, 0.6) is 0 Å². The molecule has 7 heteroatoms. The predicted molar refractivity (Wildman–Crippen MR) is 107 cm³/mol. The highest BCUT2D eigenvalue weighted by molar-refractivity contribution is 7.85. The van der Waals surface area contributed by atoms with Crippen molar-refractivity contribution in [3.05, 3.63) is 29.6 Å². The molecular weight excluding hydrogens is 362 g/mol. The molecule has 2 saturated heterocycles. The summed E-state index contributed by atoms with van der Waals surface area (Å²) in [4.78, 5) is 16.8. The molecule has 1 aromatic rings. The molecule has 0 spiro atoms. The van der Waals surface area contributed by atoms with Crippen LogP contribution in [0.4, 0.5) is 0 Å². The molecule has 1 aromatic heterocycles. The van der Waals surface area contributed by atoms with Crippen LogP contribution < -0.4 is 5.73 Å². The van der Waals surface area contributed by atoms with E-state index in [9.17, 15) is 9.00 Å². The Morgan fingerprint density at radius 3 is 2.59 bits per heavy atom. The van der Waals surface area contributed by atoms with E-state index in [1.807, 2.05) is 10.5 Å². The third-order valence-electron chi connectivity index (χ3n) is 5.86. The number of ether oxygens (including phenoxy) is 1. The van der Waals surface area contributed by atoms with Gasteiger partial charge in [-0.3, -0.25) is 9.78 Å². The Hall–Kier alpha value is -1.31. The number of hydrogen-bond acceptors (Lipinski definition) is 4. The average Bonchev–Trinajstić information content (AvgIpc) is 2.72. The summed E-state index contributed by atoms with van der Waals surface area (Å²) < 4.78 is 19.5. The molecular formula is C20H31N3O3S. The summed E-state index contributed by atoms with van der Waals surface area (Å²) in [6, 6.07) is 4.33. The fourth-order valence-corrected chi connectivity index (χ4v) is 5.70. The summed E-state index contributed by atoms with van der Waals surface area (Å²) in [6.45, 7) is 4.49. The van der Waals surface area contributed by atoms with E-state index >= 15 is 0 Å². The molecule has 3 heterocycles. The van der Waals surface area contributed by atoms with Crippen molar-refractivity contribution in [2.45, 2.75) is 62.5 Å². The summed E-state index contributed by atoms with van der Waals surface area (Å²) in [6.07, 6.45) is 8.15. The normalized spacial score (nSPS) is 22.4. The number of piperidine rings is 1. The van der Waals surface area contributed by atoms with Gasteiger partial charge in [-0.2, -0.15) is 0 Å². The van der Waals surface area contributed by atoms with Gasteiger partial charge < -0.3 is 10.5 Å². The topological polar surface area (TPSA) is 85.5 Å². The van der Waals surface area contributed by atoms with Gasteiger partial charge in [-0.05, 0) is 50.2 Å². The highest BCUT2D eigenvalue weighted by atomic mass is 32.2. The molecule has 2 aliphatic rings. The van der Waals surface area contributed by atoms with Gasteiger partial charge >= 0.3 is 0 Å². The number of carbonyl (C=O) groups excluding carboxylic acids is 1. The second-order valence-corrected chi connectivity index (χ2v) is 9.41. The van der Waals surface area contributed by atoms with Gasteiger partial charge in [-0.1, -0.05) is 19.4 Å². The van der Waals surface area contributed by atoms with Gasteiger partial charge in [0.05, 0.1) is 0 Å². The van der Waals surface area contributed by atoms with Crippen LogP contribution in [0.3, 0.4) is 0 Å². The van der Waals surface area contributed by atoms with Crippen molar-refractivity contribution in [1.82, 2.24) is 9.29 Å². The molecule has 3 rings (SSSR count). The Bertz CT molecular complexity index is 651. The zero-order chi connectivity index (χ0) is 19.3. The lowest BCUT2D eigenvalue weighted by molar-refractivity contribution is -0.122. The molecule has 1 amide bonds. The number of aromatic nitrogens is 1. The molecule has 0 saturated carbocycles. The fraction of sp³-hybridized carbons (Fsp3) is 0.700. The zero-order valence-corrected chi connectivity index (χ0v) is 17.0. The first-order valence-electron chi connectivity index (χ1n) is 10.1. The first kappa shape index (κ1) is 20.4. The van der Waals surface area contributed by atoms with E-state index in [-0.39, 0.29) is 0 Å². The molecule has 6 nitrogen and oxygen atoms in total. The Labute approximate surface area is 164 Å². The van der Waals surface area contributed by atoms with Crippen LogP contribution in [0.15, 0.2) is 18.3 Å². The van der Waals surface area contributed by atoms with Crippen molar-refractivity contribution >= 4 is 16.9 Å². The predicted octanol–water partition coefficient (Wildman–Crippen LogP) is 2.30. The first-order chi connectivity index (χ1) is 13.1. The Kier molecular flexibility index (Phi) is 7.00. The van der Waals surface area contributed by atoms with Crippen LogP contribution in [0.2, 0.25) is 0 Å². The van der Waals surface area contributed by atoms with E-state index in [0.29, 0.717) is 45.1 Å². The number of rotatable bonds is 7. The van der Waals surface area contributed by atoms with Crippen LogP contribution >= 0.6 is 0 Å². The second-order valence-electron chi connectivity index (χ2n) is 7.62. The van der Waals surface area contributed by atoms with E-state index in [0.717, 1.165) is 25.0 Å². The lowest BCUT2D eigenvalue weighted by atomic mass is 9.93. The van der Waals surface area contributed by atoms with Crippen LogP contribution in [0.1, 0.15) is 62.6 Å². The van der Waals surface area contributed by atoms with Crippen molar-refractivity contribution in [1.29, 1.82) is 0 Å². The number of nitrogens with zero attached hydrogens (tertiary/aromatic N) is 2. The second kappa shape index (κ2) is 9.26. The van der Waals surface area contributed by atoms with Crippen molar-refractivity contribution in [2.75, 3.05) is 26.3 Å². The molecule has 2 aliphatic heterocycles. The maximum Gasteiger partial charge on any atom is 0.237 e. The van der Waals surface area contributed by atoms with Crippen molar-refractivity contribution < 1.29 is 13.7 Å². The molecule has 1 atom stereocenters. The lowest BCUT2D eigenvalue weighted by Crippen LogP contribution is -2.56. The molecule has 2 fully saturated rings. The number of carbonyl (C=O) groups is 1. The quantitative estimate of drug-likeness (QED) is 0.770. The maximum atomic E-state index is 13.2. The summed E-state index contributed by atoms with van der Waals surface area (Å²) in [5.74, 6) is -0.0757. The highest BCUT2D eigenvalue weighted by Crippen LogP contribution is 2.33. The van der Waals surface area contributed by atoms with Gasteiger partial charge in [-0.15, -0.1) is 0 Å². The molecule has 27 heavy (non-hydrogen) atoms. The number of nitrogens with two attached hydrogens (primary N) is 1. The minimum absolute atomic E-state index is 0.387. The Morgan fingerprint density at radius 2 is 2.04 bits per heavy atom. The third kappa shape index (κ3) is 4.58. The van der Waals surface area contributed by atoms with Gasteiger partial charge in [0.25, 0.3) is 0 Å². The Morgan fingerprint density at radius 1 is 1.33 bits per heavy atom. The number of pyridine rings is 1. The van der Waals surface area contributed by atoms with Crippen molar-refractivity contribution in [2.24, 2.45) is 5.73 Å². The highest BCUT2D eigenvalue weighted by Gasteiger charge is 2.47. The summed E-state index contributed by atoms with van der Waals surface area (Å²) in [5.41, 5.74) is 8.07. The van der Waals surface area contributed by atoms with Crippen LogP contribution in [0.25, 0.3) is 0 Å². The molecule has 0 bridgehead atoms. The number of amides is 1. The molecule has 0 aliphatic carbocycles. The molecule has 150 valence electrons. The van der Waals surface area contributed by atoms with E-state index in [1.54, 1.807) is 0 Å². The largest absolute Gasteiger partial charge is 0.381 e. The molecule has 2 N–H and O–H groups in total. The van der Waals surface area contributed by atoms with Gasteiger partial charge in [0.15, 0.2) is 0 Å². The first-order valence-corrected chi connectivity index (χ1v) is 11.2. The van der Waals surface area contributed by atoms with E-state index in [2.05, 4.69) is 24.0 Å². The van der Waals surface area contributed by atoms with E-state index in [1.165, 1.54) is 18.4 Å². The van der Waals surface area contributed by atoms with E-state index in [4.69, 9.17) is 10.5 Å². The van der Waals surface area contributed by atoms with Gasteiger partial charge in [0.1, 0.15) is 15.7 Å². The van der Waals surface area contributed by atoms with Crippen LogP contribution in [-0.4, -0.2) is 50.5 Å².